The number of aryl methyl sites for hydroxylation is 1. The minimum atomic E-state index is -0.145. The highest BCUT2D eigenvalue weighted by Crippen LogP contribution is 2.40. The highest BCUT2D eigenvalue weighted by Gasteiger charge is 2.27. The fourth-order valence-corrected chi connectivity index (χ4v) is 4.20. The number of aromatic nitrogens is 1. The molecule has 138 valence electrons. The van der Waals surface area contributed by atoms with E-state index < -0.39 is 0 Å². The lowest BCUT2D eigenvalue weighted by molar-refractivity contribution is 0.178. The lowest BCUT2D eigenvalue weighted by atomic mass is 9.93. The molecule has 4 rings (SSSR count). The average Bonchev–Trinajstić information content (AvgIpc) is 2.66. The number of fused-ring (bicyclic) bond motifs is 1. The first-order valence-electron chi connectivity index (χ1n) is 8.89. The molecule has 2 heterocycles. The van der Waals surface area contributed by atoms with E-state index >= 15 is 0 Å². The first kappa shape index (κ1) is 18.2. The molecular formula is C19H20Cl3N3O. The molecule has 0 radical (unpaired) electrons. The summed E-state index contributed by atoms with van der Waals surface area (Å²) in [4.78, 5) is 7.16. The van der Waals surface area contributed by atoms with Crippen LogP contribution in [0.4, 0.5) is 5.82 Å². The third kappa shape index (κ3) is 3.61. The van der Waals surface area contributed by atoms with E-state index in [2.05, 4.69) is 16.3 Å². The van der Waals surface area contributed by atoms with Crippen molar-refractivity contribution in [1.82, 2.24) is 10.3 Å². The van der Waals surface area contributed by atoms with Gasteiger partial charge in [-0.1, -0.05) is 40.9 Å². The van der Waals surface area contributed by atoms with Crippen LogP contribution in [0.5, 0.6) is 5.75 Å². The Bertz CT molecular complexity index is 809. The molecule has 1 N–H and O–H groups in total. The Morgan fingerprint density at radius 2 is 1.92 bits per heavy atom. The molecule has 2 aromatic rings. The highest BCUT2D eigenvalue weighted by molar-refractivity contribution is 6.42. The number of piperazine rings is 1. The zero-order valence-electron chi connectivity index (χ0n) is 14.3. The second-order valence-corrected chi connectivity index (χ2v) is 7.82. The SMILES string of the molecule is Clc1cc2c(nc1N1CCNCC1)C(Oc1cccc(Cl)c1Cl)CCC2. The standard InChI is InChI=1S/C19H20Cl3N3O/c20-13-4-2-5-15(17(13)22)26-16-6-1-3-12-11-14(21)19(24-18(12)16)25-9-7-23-8-10-25/h2,4-5,11,16,23H,1,3,6-10H2. The molecule has 0 bridgehead atoms. The summed E-state index contributed by atoms with van der Waals surface area (Å²) in [6, 6.07) is 7.49. The van der Waals surface area contributed by atoms with Crippen LogP contribution >= 0.6 is 34.8 Å². The van der Waals surface area contributed by atoms with E-state index in [0.717, 1.165) is 62.5 Å². The highest BCUT2D eigenvalue weighted by atomic mass is 35.5. The summed E-state index contributed by atoms with van der Waals surface area (Å²) in [6.07, 6.45) is 2.74. The third-order valence-electron chi connectivity index (χ3n) is 4.89. The van der Waals surface area contributed by atoms with Crippen molar-refractivity contribution in [2.45, 2.75) is 25.4 Å². The Balaban J connectivity index is 1.67. The van der Waals surface area contributed by atoms with Crippen LogP contribution in [-0.2, 0) is 6.42 Å². The largest absolute Gasteiger partial charge is 0.482 e. The normalized spacial score (nSPS) is 20.0. The molecule has 1 aromatic carbocycles. The maximum Gasteiger partial charge on any atom is 0.147 e. The van der Waals surface area contributed by atoms with Crippen molar-refractivity contribution >= 4 is 40.6 Å². The van der Waals surface area contributed by atoms with Crippen molar-refractivity contribution in [3.8, 4) is 5.75 Å². The molecule has 1 aromatic heterocycles. The van der Waals surface area contributed by atoms with E-state index in [9.17, 15) is 0 Å². The molecule has 0 spiro atoms. The minimum absolute atomic E-state index is 0.145. The number of halogens is 3. The molecule has 1 unspecified atom stereocenters. The van der Waals surface area contributed by atoms with Gasteiger partial charge in [0.25, 0.3) is 0 Å². The average molecular weight is 413 g/mol. The summed E-state index contributed by atoms with van der Waals surface area (Å²) in [7, 11) is 0. The number of nitrogens with zero attached hydrogens (tertiary/aromatic N) is 2. The van der Waals surface area contributed by atoms with Crippen LogP contribution in [0.1, 0.15) is 30.2 Å². The zero-order chi connectivity index (χ0) is 18.1. The summed E-state index contributed by atoms with van der Waals surface area (Å²) in [5.41, 5.74) is 2.12. The number of ether oxygens (including phenoxy) is 1. The molecule has 1 aliphatic carbocycles. The van der Waals surface area contributed by atoms with Crippen LogP contribution in [0.2, 0.25) is 15.1 Å². The maximum atomic E-state index is 6.54. The van der Waals surface area contributed by atoms with E-state index in [-0.39, 0.29) is 6.10 Å². The fraction of sp³-hybridized carbons (Fsp3) is 0.421. The van der Waals surface area contributed by atoms with Gasteiger partial charge in [-0.2, -0.15) is 0 Å². The molecule has 0 saturated carbocycles. The molecular weight excluding hydrogens is 393 g/mol. The first-order valence-corrected chi connectivity index (χ1v) is 10.0. The van der Waals surface area contributed by atoms with Gasteiger partial charge in [0.2, 0.25) is 0 Å². The van der Waals surface area contributed by atoms with Gasteiger partial charge in [0, 0.05) is 26.2 Å². The van der Waals surface area contributed by atoms with Crippen LogP contribution in [-0.4, -0.2) is 31.2 Å². The topological polar surface area (TPSA) is 37.4 Å². The zero-order valence-corrected chi connectivity index (χ0v) is 16.5. The molecule has 1 atom stereocenters. The number of hydrogen-bond donors (Lipinski definition) is 1. The van der Waals surface area contributed by atoms with E-state index in [1.807, 2.05) is 12.1 Å². The Labute approximate surface area is 168 Å². The van der Waals surface area contributed by atoms with Crippen LogP contribution in [0.15, 0.2) is 24.3 Å². The van der Waals surface area contributed by atoms with Gasteiger partial charge >= 0.3 is 0 Å². The van der Waals surface area contributed by atoms with E-state index in [1.165, 1.54) is 0 Å². The Hall–Kier alpha value is -1.20. The van der Waals surface area contributed by atoms with Crippen molar-refractivity contribution in [3.63, 3.8) is 0 Å². The number of benzene rings is 1. The smallest absolute Gasteiger partial charge is 0.147 e. The van der Waals surface area contributed by atoms with Gasteiger partial charge in [-0.25, -0.2) is 4.98 Å². The summed E-state index contributed by atoms with van der Waals surface area (Å²) in [6.45, 7) is 3.68. The van der Waals surface area contributed by atoms with Crippen molar-refractivity contribution in [1.29, 1.82) is 0 Å². The molecule has 1 aliphatic heterocycles. The van der Waals surface area contributed by atoms with E-state index in [1.54, 1.807) is 6.07 Å². The molecule has 7 heteroatoms. The summed E-state index contributed by atoms with van der Waals surface area (Å²) >= 11 is 19.0. The fourth-order valence-electron chi connectivity index (χ4n) is 3.57. The quantitative estimate of drug-likeness (QED) is 0.777. The van der Waals surface area contributed by atoms with Gasteiger partial charge in [0.1, 0.15) is 22.7 Å². The summed E-state index contributed by atoms with van der Waals surface area (Å²) in [5, 5.41) is 5.00. The van der Waals surface area contributed by atoms with Crippen molar-refractivity contribution < 1.29 is 4.74 Å². The van der Waals surface area contributed by atoms with E-state index in [4.69, 9.17) is 44.5 Å². The predicted molar refractivity (Wildman–Crippen MR) is 107 cm³/mol. The van der Waals surface area contributed by atoms with Gasteiger partial charge in [-0.15, -0.1) is 0 Å². The second-order valence-electron chi connectivity index (χ2n) is 6.63. The van der Waals surface area contributed by atoms with Crippen LogP contribution in [0.3, 0.4) is 0 Å². The predicted octanol–water partition coefficient (Wildman–Crippen LogP) is 4.91. The molecule has 26 heavy (non-hydrogen) atoms. The van der Waals surface area contributed by atoms with Gasteiger partial charge in [-0.3, -0.25) is 0 Å². The van der Waals surface area contributed by atoms with Gasteiger partial charge in [0.15, 0.2) is 0 Å². The number of nitrogens with one attached hydrogen (secondary N) is 1. The number of pyridine rings is 1. The van der Waals surface area contributed by atoms with E-state index in [0.29, 0.717) is 20.8 Å². The van der Waals surface area contributed by atoms with Gasteiger partial charge < -0.3 is 15.0 Å². The Morgan fingerprint density at radius 3 is 2.73 bits per heavy atom. The summed E-state index contributed by atoms with van der Waals surface area (Å²) < 4.78 is 6.22. The van der Waals surface area contributed by atoms with Crippen LogP contribution in [0, 0.1) is 0 Å². The minimum Gasteiger partial charge on any atom is -0.482 e. The summed E-state index contributed by atoms with van der Waals surface area (Å²) in [5.74, 6) is 1.44. The molecule has 0 amide bonds. The Kier molecular flexibility index (Phi) is 5.46. The number of rotatable bonds is 3. The molecule has 1 fully saturated rings. The van der Waals surface area contributed by atoms with Gasteiger partial charge in [0.05, 0.1) is 15.7 Å². The maximum absolute atomic E-state index is 6.54. The van der Waals surface area contributed by atoms with Crippen molar-refractivity contribution in [2.24, 2.45) is 0 Å². The van der Waals surface area contributed by atoms with Gasteiger partial charge in [-0.05, 0) is 43.0 Å². The monoisotopic (exact) mass is 411 g/mol. The lowest BCUT2D eigenvalue weighted by Gasteiger charge is -2.32. The third-order valence-corrected chi connectivity index (χ3v) is 5.97. The Morgan fingerprint density at radius 1 is 1.12 bits per heavy atom. The van der Waals surface area contributed by atoms with Crippen molar-refractivity contribution in [2.75, 3.05) is 31.1 Å². The van der Waals surface area contributed by atoms with Crippen LogP contribution < -0.4 is 15.0 Å². The van der Waals surface area contributed by atoms with Crippen molar-refractivity contribution in [3.05, 3.63) is 50.6 Å². The molecule has 1 saturated heterocycles. The lowest BCUT2D eigenvalue weighted by Crippen LogP contribution is -2.44. The molecule has 4 nitrogen and oxygen atoms in total. The molecule has 2 aliphatic rings. The first-order chi connectivity index (χ1) is 12.6. The number of hydrogen-bond acceptors (Lipinski definition) is 4. The number of anilines is 1. The second kappa shape index (κ2) is 7.81. The van der Waals surface area contributed by atoms with Crippen LogP contribution in [0.25, 0.3) is 0 Å².